The molecule has 2 heterocycles. The van der Waals surface area contributed by atoms with Crippen molar-refractivity contribution in [3.05, 3.63) is 36.0 Å². The number of para-hydroxylation sites is 1. The van der Waals surface area contributed by atoms with Gasteiger partial charge in [-0.3, -0.25) is 4.79 Å². The van der Waals surface area contributed by atoms with Crippen LogP contribution in [0.4, 0.5) is 4.79 Å². The molecule has 1 saturated heterocycles. The number of carbonyl (C=O) groups excluding carboxylic acids is 2. The van der Waals surface area contributed by atoms with E-state index in [4.69, 9.17) is 14.2 Å². The Hall–Kier alpha value is -2.63. The van der Waals surface area contributed by atoms with Gasteiger partial charge in [0.2, 0.25) is 10.0 Å². The van der Waals surface area contributed by atoms with Crippen molar-refractivity contribution >= 4 is 32.9 Å². The fraction of sp³-hybridized carbons (Fsp3) is 0.615. The molecule has 1 atom stereocenters. The molecular formula is C26H37N3O7S. The Morgan fingerprint density at radius 2 is 1.92 bits per heavy atom. The first-order valence-corrected chi connectivity index (χ1v) is 14.3. The van der Waals surface area contributed by atoms with Gasteiger partial charge in [-0.25, -0.2) is 17.2 Å². The van der Waals surface area contributed by atoms with Crippen LogP contribution in [-0.4, -0.2) is 91.1 Å². The number of morpholine rings is 1. The average Bonchev–Trinajstić information content (AvgIpc) is 3.62. The molecule has 0 bridgehead atoms. The number of carbonyl (C=O) groups is 2. The first kappa shape index (κ1) is 27.4. The lowest BCUT2D eigenvalue weighted by atomic mass is 10.1. The monoisotopic (exact) mass is 535 g/mol. The molecule has 2 aliphatic rings. The number of methoxy groups -OCH3 is 1. The second kappa shape index (κ2) is 11.0. The lowest BCUT2D eigenvalue weighted by Crippen LogP contribution is -2.53. The fourth-order valence-electron chi connectivity index (χ4n) is 4.49. The third kappa shape index (κ3) is 6.63. The summed E-state index contributed by atoms with van der Waals surface area (Å²) >= 11 is 0. The third-order valence-corrected chi connectivity index (χ3v) is 8.12. The minimum Gasteiger partial charge on any atom is -0.444 e. The summed E-state index contributed by atoms with van der Waals surface area (Å²) in [4.78, 5) is 29.5. The largest absolute Gasteiger partial charge is 0.444 e. The molecule has 2 amide bonds. The smallest absolute Gasteiger partial charge is 0.410 e. The first-order chi connectivity index (χ1) is 17.5. The molecule has 10 nitrogen and oxygen atoms in total. The van der Waals surface area contributed by atoms with Crippen LogP contribution in [0.1, 0.15) is 45.6 Å². The van der Waals surface area contributed by atoms with Gasteiger partial charge in [-0.2, -0.15) is 0 Å². The minimum absolute atomic E-state index is 0.0410. The maximum absolute atomic E-state index is 13.6. The number of hydrogen-bond acceptors (Lipinski definition) is 7. The highest BCUT2D eigenvalue weighted by molar-refractivity contribution is 7.90. The van der Waals surface area contributed by atoms with E-state index in [0.29, 0.717) is 25.1 Å². The summed E-state index contributed by atoms with van der Waals surface area (Å²) in [6, 6.07) is 7.38. The number of ether oxygens (including phenoxy) is 3. The SMILES string of the molecule is COCCCS(=O)(=O)n1cc(CN(C(=O)C2CN(C(=O)OC(C)(C)C)CCO2)C2CC2)c2ccccc21. The second-order valence-corrected chi connectivity index (χ2v) is 12.6. The number of fused-ring (bicyclic) bond motifs is 1. The Morgan fingerprint density at radius 3 is 2.59 bits per heavy atom. The van der Waals surface area contributed by atoms with Gasteiger partial charge >= 0.3 is 6.09 Å². The summed E-state index contributed by atoms with van der Waals surface area (Å²) in [5, 5.41) is 0.788. The number of amides is 2. The normalized spacial score (nSPS) is 18.7. The molecule has 2 fully saturated rings. The second-order valence-electron chi connectivity index (χ2n) is 10.6. The zero-order valence-corrected chi connectivity index (χ0v) is 22.8. The highest BCUT2D eigenvalue weighted by Crippen LogP contribution is 2.32. The molecular weight excluding hydrogens is 498 g/mol. The standard InChI is InChI=1S/C26H37N3O7S/c1-26(2,3)36-25(31)27-12-14-35-23(18-27)24(30)28(20-10-11-20)16-19-17-29(22-9-6-5-8-21(19)22)37(32,33)15-7-13-34-4/h5-6,8-9,17,20,23H,7,10-16,18H2,1-4H3. The third-order valence-electron chi connectivity index (χ3n) is 6.42. The van der Waals surface area contributed by atoms with Gasteiger partial charge in [-0.05, 0) is 51.7 Å². The molecule has 2 aromatic rings. The first-order valence-electron chi connectivity index (χ1n) is 12.7. The van der Waals surface area contributed by atoms with Crippen molar-refractivity contribution < 1.29 is 32.2 Å². The van der Waals surface area contributed by atoms with Crippen LogP contribution in [0.15, 0.2) is 30.5 Å². The Balaban J connectivity index is 1.55. The maximum atomic E-state index is 13.6. The number of hydrogen-bond donors (Lipinski definition) is 0. The predicted molar refractivity (Wildman–Crippen MR) is 139 cm³/mol. The summed E-state index contributed by atoms with van der Waals surface area (Å²) in [6.45, 7) is 6.75. The van der Waals surface area contributed by atoms with Crippen LogP contribution >= 0.6 is 0 Å². The van der Waals surface area contributed by atoms with Gasteiger partial charge in [-0.1, -0.05) is 18.2 Å². The van der Waals surface area contributed by atoms with Crippen molar-refractivity contribution in [1.29, 1.82) is 0 Å². The molecule has 4 rings (SSSR count). The van der Waals surface area contributed by atoms with Gasteiger partial charge in [0.1, 0.15) is 5.60 Å². The van der Waals surface area contributed by atoms with Crippen molar-refractivity contribution in [1.82, 2.24) is 13.8 Å². The van der Waals surface area contributed by atoms with Crippen LogP contribution in [0.3, 0.4) is 0 Å². The maximum Gasteiger partial charge on any atom is 0.410 e. The topological polar surface area (TPSA) is 107 Å². The number of nitrogens with zero attached hydrogens (tertiary/aromatic N) is 3. The average molecular weight is 536 g/mol. The van der Waals surface area contributed by atoms with Crippen molar-refractivity contribution in [3.8, 4) is 0 Å². The summed E-state index contributed by atoms with van der Waals surface area (Å²) in [7, 11) is -2.06. The number of rotatable bonds is 9. The molecule has 11 heteroatoms. The van der Waals surface area contributed by atoms with Gasteiger partial charge in [0, 0.05) is 44.4 Å². The Bertz CT molecular complexity index is 1230. The van der Waals surface area contributed by atoms with E-state index in [0.717, 1.165) is 23.8 Å². The van der Waals surface area contributed by atoms with Crippen molar-refractivity contribution in [2.75, 3.05) is 39.2 Å². The molecule has 1 unspecified atom stereocenters. The minimum atomic E-state index is -3.60. The van der Waals surface area contributed by atoms with E-state index in [9.17, 15) is 18.0 Å². The molecule has 1 saturated carbocycles. The number of aromatic nitrogens is 1. The molecule has 1 aliphatic heterocycles. The van der Waals surface area contributed by atoms with Crippen LogP contribution in [0.2, 0.25) is 0 Å². The van der Waals surface area contributed by atoms with Crippen LogP contribution in [0, 0.1) is 0 Å². The molecule has 1 aliphatic carbocycles. The molecule has 0 radical (unpaired) electrons. The van der Waals surface area contributed by atoms with E-state index in [1.54, 1.807) is 51.1 Å². The highest BCUT2D eigenvalue weighted by atomic mass is 32.2. The Labute approximate surface area is 218 Å². The molecule has 37 heavy (non-hydrogen) atoms. The molecule has 1 aromatic carbocycles. The summed E-state index contributed by atoms with van der Waals surface area (Å²) in [5.41, 5.74) is 0.710. The Kier molecular flexibility index (Phi) is 8.15. The van der Waals surface area contributed by atoms with Gasteiger partial charge in [0.05, 0.1) is 24.4 Å². The van der Waals surface area contributed by atoms with Gasteiger partial charge in [0.25, 0.3) is 5.91 Å². The molecule has 0 spiro atoms. The zero-order valence-electron chi connectivity index (χ0n) is 22.0. The van der Waals surface area contributed by atoms with Crippen LogP contribution in [0.25, 0.3) is 10.9 Å². The van der Waals surface area contributed by atoms with Gasteiger partial charge in [-0.15, -0.1) is 0 Å². The van der Waals surface area contributed by atoms with E-state index >= 15 is 0 Å². The van der Waals surface area contributed by atoms with Crippen LogP contribution < -0.4 is 0 Å². The lowest BCUT2D eigenvalue weighted by molar-refractivity contribution is -0.150. The van der Waals surface area contributed by atoms with E-state index in [1.165, 1.54) is 8.87 Å². The van der Waals surface area contributed by atoms with Crippen LogP contribution in [0.5, 0.6) is 0 Å². The van der Waals surface area contributed by atoms with Crippen molar-refractivity contribution in [2.45, 2.75) is 64.3 Å². The van der Waals surface area contributed by atoms with Gasteiger partial charge < -0.3 is 24.0 Å². The summed E-state index contributed by atoms with van der Waals surface area (Å²) in [5.74, 6) is -0.240. The molecule has 0 N–H and O–H groups in total. The van der Waals surface area contributed by atoms with E-state index in [2.05, 4.69) is 0 Å². The van der Waals surface area contributed by atoms with E-state index in [1.807, 2.05) is 12.1 Å². The van der Waals surface area contributed by atoms with Gasteiger partial charge in [0.15, 0.2) is 6.10 Å². The lowest BCUT2D eigenvalue weighted by Gasteiger charge is -2.35. The number of benzene rings is 1. The van der Waals surface area contributed by atoms with Crippen molar-refractivity contribution in [2.24, 2.45) is 0 Å². The summed E-state index contributed by atoms with van der Waals surface area (Å²) in [6.07, 6.45) is 2.51. The molecule has 1 aromatic heterocycles. The summed E-state index contributed by atoms with van der Waals surface area (Å²) < 4.78 is 43.8. The zero-order chi connectivity index (χ0) is 26.8. The fourth-order valence-corrected chi connectivity index (χ4v) is 5.92. The highest BCUT2D eigenvalue weighted by Gasteiger charge is 2.40. The molecule has 204 valence electrons. The quantitative estimate of drug-likeness (QED) is 0.454. The van der Waals surface area contributed by atoms with E-state index in [-0.39, 0.29) is 37.4 Å². The van der Waals surface area contributed by atoms with Crippen molar-refractivity contribution in [3.63, 3.8) is 0 Å². The van der Waals surface area contributed by atoms with Crippen LogP contribution in [-0.2, 0) is 35.6 Å². The predicted octanol–water partition coefficient (Wildman–Crippen LogP) is 2.98. The Morgan fingerprint density at radius 1 is 1.19 bits per heavy atom. The van der Waals surface area contributed by atoms with E-state index < -0.39 is 27.8 Å².